The Labute approximate surface area is 305 Å². The highest BCUT2D eigenvalue weighted by Gasteiger charge is 2.46. The zero-order valence-corrected chi connectivity index (χ0v) is 29.4. The largest absolute Gasteiger partial charge is 0.472 e. The predicted octanol–water partition coefficient (Wildman–Crippen LogP) is 13.3. The third kappa shape index (κ3) is 4.65. The Morgan fingerprint density at radius 2 is 1.17 bits per heavy atom. The fourth-order valence-corrected chi connectivity index (χ4v) is 8.83. The van der Waals surface area contributed by atoms with E-state index in [1.54, 1.807) is 0 Å². The van der Waals surface area contributed by atoms with Gasteiger partial charge in [-0.1, -0.05) is 141 Å². The maximum atomic E-state index is 7.82. The number of rotatable bonds is 7. The van der Waals surface area contributed by atoms with Crippen molar-refractivity contribution in [3.05, 3.63) is 203 Å². The van der Waals surface area contributed by atoms with Gasteiger partial charge in [-0.25, -0.2) is 4.85 Å². The van der Waals surface area contributed by atoms with Crippen LogP contribution in [0.4, 0.5) is 22.7 Å². The summed E-state index contributed by atoms with van der Waals surface area (Å²) < 4.78 is 7.58. The van der Waals surface area contributed by atoms with Crippen molar-refractivity contribution in [3.63, 3.8) is 0 Å². The zero-order chi connectivity index (χ0) is 35.3. The van der Waals surface area contributed by atoms with Crippen molar-refractivity contribution in [1.82, 2.24) is 0 Å². The lowest BCUT2D eigenvalue weighted by atomic mass is 9.71. The molecule has 1 atom stereocenters. The lowest BCUT2D eigenvalue weighted by Gasteiger charge is -2.39. The molecule has 1 aliphatic carbocycles. The fourth-order valence-electron chi connectivity index (χ4n) is 8.83. The molecule has 3 nitrogen and oxygen atoms in total. The van der Waals surface area contributed by atoms with Crippen LogP contribution in [0.3, 0.4) is 0 Å². The number of hydrogen-bond acceptors (Lipinski definition) is 2. The summed E-state index contributed by atoms with van der Waals surface area (Å²) in [7, 11) is 0. The number of benzene rings is 7. The molecule has 3 heteroatoms. The molecule has 1 aliphatic heterocycles. The summed E-state index contributed by atoms with van der Waals surface area (Å²) in [6, 6.07) is 55.4. The summed E-state index contributed by atoms with van der Waals surface area (Å²) in [5.41, 5.74) is 11.2. The molecule has 0 N–H and O–H groups in total. The van der Waals surface area contributed by atoms with Gasteiger partial charge in [-0.05, 0) is 83.0 Å². The van der Waals surface area contributed by atoms with Gasteiger partial charge in [0, 0.05) is 44.6 Å². The summed E-state index contributed by atoms with van der Waals surface area (Å²) in [6.45, 7) is 12.4. The minimum Gasteiger partial charge on any atom is -0.472 e. The molecule has 0 saturated carbocycles. The van der Waals surface area contributed by atoms with Crippen molar-refractivity contribution < 1.29 is 4.74 Å². The predicted molar refractivity (Wildman–Crippen MR) is 215 cm³/mol. The first-order valence-corrected chi connectivity index (χ1v) is 18.2. The van der Waals surface area contributed by atoms with Crippen LogP contribution in [0.25, 0.3) is 32.8 Å². The lowest BCUT2D eigenvalue weighted by molar-refractivity contribution is 0.163. The smallest absolute Gasteiger partial charge is 0.187 e. The highest BCUT2D eigenvalue weighted by molar-refractivity contribution is 6.08. The Balaban J connectivity index is 1.25. The average Bonchev–Trinajstić information content (AvgIpc) is 3.52. The maximum absolute atomic E-state index is 7.82. The van der Waals surface area contributed by atoms with Crippen molar-refractivity contribution in [3.8, 4) is 16.9 Å². The van der Waals surface area contributed by atoms with Gasteiger partial charge in [0.05, 0.1) is 6.57 Å². The van der Waals surface area contributed by atoms with Gasteiger partial charge in [0.25, 0.3) is 0 Å². The second-order valence-corrected chi connectivity index (χ2v) is 13.8. The van der Waals surface area contributed by atoms with Gasteiger partial charge in [-0.2, -0.15) is 0 Å². The van der Waals surface area contributed by atoms with Gasteiger partial charge >= 0.3 is 0 Å². The number of hydrogen-bond donors (Lipinski definition) is 0. The normalized spacial score (nSPS) is 16.3. The summed E-state index contributed by atoms with van der Waals surface area (Å²) in [4.78, 5) is 6.13. The van der Waals surface area contributed by atoms with E-state index in [9.17, 15) is 0 Å². The molecule has 7 aromatic rings. The molecule has 0 amide bonds. The van der Waals surface area contributed by atoms with E-state index in [0.717, 1.165) is 57.7 Å². The Hall–Kier alpha value is -6.37. The molecule has 52 heavy (non-hydrogen) atoms. The van der Waals surface area contributed by atoms with Crippen LogP contribution in [0.5, 0.6) is 5.75 Å². The molecule has 0 fully saturated rings. The molecule has 0 aromatic heterocycles. The van der Waals surface area contributed by atoms with E-state index in [1.165, 1.54) is 27.6 Å². The van der Waals surface area contributed by atoms with Crippen LogP contribution in [0, 0.1) is 6.57 Å². The van der Waals surface area contributed by atoms with E-state index < -0.39 is 5.60 Å². The summed E-state index contributed by atoms with van der Waals surface area (Å²) in [5.74, 6) is 0.907. The number of nitrogens with zero attached hydrogens (tertiary/aromatic N) is 2. The second kappa shape index (κ2) is 12.4. The van der Waals surface area contributed by atoms with Gasteiger partial charge in [0.2, 0.25) is 0 Å². The monoisotopic (exact) mass is 670 g/mol. The third-order valence-corrected chi connectivity index (χ3v) is 11.3. The fraction of sp³-hybridized carbons (Fsp3) is 0.122. The molecular weight excluding hydrogens is 633 g/mol. The van der Waals surface area contributed by atoms with E-state index in [1.807, 2.05) is 6.07 Å². The van der Waals surface area contributed by atoms with E-state index in [4.69, 9.17) is 11.3 Å². The number of para-hydroxylation sites is 2. The minimum atomic E-state index is -0.863. The van der Waals surface area contributed by atoms with E-state index in [0.29, 0.717) is 5.69 Å². The first-order chi connectivity index (χ1) is 25.6. The SMILES string of the molecule is [C-]#[N+]c1ccc2c(c1)C(CC)(CC)c1c3c(c4ccccc4c1-2)OC(c1ccccc1)(c1ccc(N(c2ccccc2)c2ccccc2)cc1)C=C3. The number of anilines is 3. The molecule has 1 heterocycles. The van der Waals surface area contributed by atoms with E-state index >= 15 is 0 Å². The number of ether oxygens (including phenoxy) is 1. The number of fused-ring (bicyclic) bond motifs is 8. The summed E-state index contributed by atoms with van der Waals surface area (Å²) >= 11 is 0. The molecule has 0 saturated heterocycles. The van der Waals surface area contributed by atoms with Crippen molar-refractivity contribution in [2.45, 2.75) is 37.7 Å². The van der Waals surface area contributed by atoms with Crippen molar-refractivity contribution >= 4 is 39.6 Å². The third-order valence-electron chi connectivity index (χ3n) is 11.3. The van der Waals surface area contributed by atoms with Crippen LogP contribution in [0.2, 0.25) is 0 Å². The molecule has 0 radical (unpaired) electrons. The Morgan fingerprint density at radius 1 is 0.615 bits per heavy atom. The molecule has 9 rings (SSSR count). The zero-order valence-electron chi connectivity index (χ0n) is 29.4. The van der Waals surface area contributed by atoms with Gasteiger partial charge in [0.1, 0.15) is 5.75 Å². The van der Waals surface area contributed by atoms with Crippen LogP contribution in [-0.2, 0) is 11.0 Å². The van der Waals surface area contributed by atoms with Gasteiger partial charge in [0.15, 0.2) is 11.3 Å². The quantitative estimate of drug-likeness (QED) is 0.157. The van der Waals surface area contributed by atoms with Gasteiger partial charge < -0.3 is 9.64 Å². The molecule has 0 spiro atoms. The Bertz CT molecular complexity index is 2470. The average molecular weight is 671 g/mol. The van der Waals surface area contributed by atoms with Crippen molar-refractivity contribution in [2.24, 2.45) is 0 Å². The van der Waals surface area contributed by atoms with E-state index in [-0.39, 0.29) is 5.41 Å². The van der Waals surface area contributed by atoms with Gasteiger partial charge in [-0.15, -0.1) is 0 Å². The van der Waals surface area contributed by atoms with Crippen LogP contribution < -0.4 is 9.64 Å². The first kappa shape index (κ1) is 31.6. The first-order valence-electron chi connectivity index (χ1n) is 18.2. The van der Waals surface area contributed by atoms with Crippen molar-refractivity contribution in [1.29, 1.82) is 0 Å². The molecule has 1 unspecified atom stereocenters. The van der Waals surface area contributed by atoms with Crippen LogP contribution in [-0.4, -0.2) is 0 Å². The van der Waals surface area contributed by atoms with E-state index in [2.05, 4.69) is 187 Å². The maximum Gasteiger partial charge on any atom is 0.187 e. The van der Waals surface area contributed by atoms with Crippen molar-refractivity contribution in [2.75, 3.05) is 4.90 Å². The highest BCUT2D eigenvalue weighted by atomic mass is 16.5. The van der Waals surface area contributed by atoms with Crippen LogP contribution >= 0.6 is 0 Å². The molecule has 250 valence electrons. The second-order valence-electron chi connectivity index (χ2n) is 13.8. The molecular formula is C49H38N2O. The molecule has 0 bridgehead atoms. The van der Waals surface area contributed by atoms with Gasteiger partial charge in [-0.3, -0.25) is 0 Å². The summed E-state index contributed by atoms with van der Waals surface area (Å²) in [5, 5.41) is 2.28. The molecule has 7 aromatic carbocycles. The standard InChI is InChI=1S/C49H38N2O/c1-4-48(5-2)44-33-36(50-3)27-30-42(44)45-40-23-15-16-24-41(40)47-43(46(45)48)31-32-49(52-47,34-17-9-6-10-18-34)35-25-28-39(29-26-35)51(37-19-11-7-12-20-37)38-21-13-8-14-22-38/h6-33H,4-5H2,1-2H3. The van der Waals surface area contributed by atoms with Crippen LogP contribution in [0.15, 0.2) is 164 Å². The lowest BCUT2D eigenvalue weighted by Crippen LogP contribution is -2.35. The Kier molecular flexibility index (Phi) is 7.56. The molecule has 2 aliphatic rings. The summed E-state index contributed by atoms with van der Waals surface area (Å²) in [6.07, 6.45) is 6.44. The van der Waals surface area contributed by atoms with Crippen LogP contribution in [0.1, 0.15) is 54.5 Å². The Morgan fingerprint density at radius 3 is 1.79 bits per heavy atom. The minimum absolute atomic E-state index is 0.236. The topological polar surface area (TPSA) is 16.8 Å². The highest BCUT2D eigenvalue weighted by Crippen LogP contribution is 2.60.